The predicted molar refractivity (Wildman–Crippen MR) is 168 cm³/mol. The van der Waals surface area contributed by atoms with Gasteiger partial charge in [0.1, 0.15) is 12.4 Å². The molecule has 0 spiro atoms. The molecule has 18 heteroatoms. The monoisotopic (exact) mass is 655 g/mol. The number of nitrogens with two attached hydrogens (primary N) is 1. The summed E-state index contributed by atoms with van der Waals surface area (Å²) in [5.74, 6) is 4.07. The van der Waals surface area contributed by atoms with Crippen molar-refractivity contribution in [2.45, 2.75) is 0 Å². The number of ether oxygens (including phenoxy) is 3. The first-order valence-corrected chi connectivity index (χ1v) is 13.9. The minimum atomic E-state index is -0.969. The van der Waals surface area contributed by atoms with Gasteiger partial charge in [-0.2, -0.15) is 0 Å². The third-order valence-electron chi connectivity index (χ3n) is 6.81. The Morgan fingerprint density at radius 1 is 0.915 bits per heavy atom. The number of amides is 2. The molecule has 5 N–H and O–H groups in total. The molecule has 0 bridgehead atoms. The van der Waals surface area contributed by atoms with Crippen LogP contribution in [0.5, 0.6) is 11.5 Å². The smallest absolute Gasteiger partial charge is 0.407 e. The number of esters is 1. The van der Waals surface area contributed by atoms with Crippen molar-refractivity contribution in [2.24, 2.45) is 5.73 Å². The number of nitro benzene ring substituents is 2. The minimum absolute atomic E-state index is 0.0276. The van der Waals surface area contributed by atoms with Crippen LogP contribution < -0.4 is 25.8 Å². The van der Waals surface area contributed by atoms with Crippen LogP contribution in [0, 0.1) is 32.1 Å². The van der Waals surface area contributed by atoms with Gasteiger partial charge in [0.05, 0.1) is 36.2 Å². The zero-order chi connectivity index (χ0) is 34.5. The number of piperazine rings is 1. The van der Waals surface area contributed by atoms with Gasteiger partial charge in [0, 0.05) is 57.0 Å². The SMILES string of the molecule is COC(=O)c1cc(OC)c(NCC=CCNc2c(OCC#CCN3CCN(C(=O)O)CC3)cc(C(N)=O)cc2[N+](=O)[O-])c([N+](=O)[O-])c1. The maximum absolute atomic E-state index is 11.9. The highest BCUT2D eigenvalue weighted by Gasteiger charge is 2.24. The van der Waals surface area contributed by atoms with Crippen molar-refractivity contribution in [1.29, 1.82) is 0 Å². The number of benzene rings is 2. The lowest BCUT2D eigenvalue weighted by atomic mass is 10.1. The number of rotatable bonds is 14. The first-order chi connectivity index (χ1) is 22.5. The number of carboxylic acid groups (broad SMARTS) is 1. The molecule has 0 atom stereocenters. The van der Waals surface area contributed by atoms with E-state index >= 15 is 0 Å². The Kier molecular flexibility index (Phi) is 12.7. The molecule has 18 nitrogen and oxygen atoms in total. The van der Waals surface area contributed by atoms with Crippen molar-refractivity contribution in [3.05, 3.63) is 67.8 Å². The Morgan fingerprint density at radius 3 is 1.98 bits per heavy atom. The first-order valence-electron chi connectivity index (χ1n) is 13.9. The first kappa shape index (κ1) is 35.4. The molecule has 2 amide bonds. The van der Waals surface area contributed by atoms with Crippen molar-refractivity contribution < 1.29 is 43.5 Å². The summed E-state index contributed by atoms with van der Waals surface area (Å²) in [4.78, 5) is 60.2. The number of hydrogen-bond donors (Lipinski definition) is 4. The van der Waals surface area contributed by atoms with E-state index < -0.39 is 39.2 Å². The highest BCUT2D eigenvalue weighted by atomic mass is 16.6. The van der Waals surface area contributed by atoms with Crippen LogP contribution in [0.3, 0.4) is 0 Å². The molecule has 1 aliphatic rings. The fraction of sp³-hybridized carbons (Fsp3) is 0.345. The van der Waals surface area contributed by atoms with Gasteiger partial charge in [-0.25, -0.2) is 9.59 Å². The number of primary amides is 1. The number of carbonyl (C=O) groups is 3. The summed E-state index contributed by atoms with van der Waals surface area (Å²) in [6.07, 6.45) is 2.22. The van der Waals surface area contributed by atoms with Gasteiger partial charge in [-0.15, -0.1) is 0 Å². The summed E-state index contributed by atoms with van der Waals surface area (Å²) >= 11 is 0. The summed E-state index contributed by atoms with van der Waals surface area (Å²) < 4.78 is 15.5. The molecular formula is C29H33N7O11. The van der Waals surface area contributed by atoms with E-state index in [1.807, 2.05) is 4.90 Å². The van der Waals surface area contributed by atoms with Crippen LogP contribution in [0.15, 0.2) is 36.4 Å². The molecule has 0 aromatic heterocycles. The van der Waals surface area contributed by atoms with Gasteiger partial charge in [-0.1, -0.05) is 24.0 Å². The molecule has 2 aromatic rings. The minimum Gasteiger partial charge on any atom is -0.494 e. The van der Waals surface area contributed by atoms with Crippen LogP contribution in [-0.4, -0.2) is 109 Å². The van der Waals surface area contributed by atoms with Crippen LogP contribution >= 0.6 is 0 Å². The molecular weight excluding hydrogens is 622 g/mol. The normalized spacial score (nSPS) is 12.9. The van der Waals surface area contributed by atoms with Crippen LogP contribution in [0.1, 0.15) is 20.7 Å². The lowest BCUT2D eigenvalue weighted by Gasteiger charge is -2.31. The van der Waals surface area contributed by atoms with Crippen molar-refractivity contribution >= 4 is 40.7 Å². The average Bonchev–Trinajstić information content (AvgIpc) is 3.05. The number of carbonyl (C=O) groups excluding carboxylic acids is 2. The van der Waals surface area contributed by atoms with E-state index in [1.54, 1.807) is 12.2 Å². The second-order valence-corrected chi connectivity index (χ2v) is 9.73. The highest BCUT2D eigenvalue weighted by Crippen LogP contribution is 2.37. The van der Waals surface area contributed by atoms with Crippen LogP contribution in [0.25, 0.3) is 0 Å². The Morgan fingerprint density at radius 2 is 1.47 bits per heavy atom. The molecule has 2 aromatic carbocycles. The fourth-order valence-corrected chi connectivity index (χ4v) is 4.42. The molecule has 1 saturated heterocycles. The molecule has 47 heavy (non-hydrogen) atoms. The molecule has 250 valence electrons. The third kappa shape index (κ3) is 9.70. The maximum atomic E-state index is 11.9. The van der Waals surface area contributed by atoms with Crippen LogP contribution in [0.4, 0.5) is 27.5 Å². The second kappa shape index (κ2) is 16.8. The van der Waals surface area contributed by atoms with E-state index in [9.17, 15) is 34.6 Å². The molecule has 0 unspecified atom stereocenters. The summed E-state index contributed by atoms with van der Waals surface area (Å²) in [5, 5.41) is 38.3. The Labute approximate surface area is 268 Å². The number of hydrogen-bond acceptors (Lipinski definition) is 13. The van der Waals surface area contributed by atoms with Crippen molar-refractivity contribution in [1.82, 2.24) is 9.80 Å². The van der Waals surface area contributed by atoms with E-state index in [0.29, 0.717) is 32.7 Å². The Hall–Kier alpha value is -6.09. The molecule has 0 saturated carbocycles. The van der Waals surface area contributed by atoms with E-state index in [1.165, 1.54) is 24.1 Å². The zero-order valence-corrected chi connectivity index (χ0v) is 25.5. The highest BCUT2D eigenvalue weighted by molar-refractivity contribution is 5.96. The molecule has 1 heterocycles. The number of methoxy groups -OCH3 is 2. The summed E-state index contributed by atoms with van der Waals surface area (Å²) in [5.41, 5.74) is 4.29. The fourth-order valence-electron chi connectivity index (χ4n) is 4.42. The second-order valence-electron chi connectivity index (χ2n) is 9.73. The van der Waals surface area contributed by atoms with Crippen molar-refractivity contribution in [3.8, 4) is 23.3 Å². The quantitative estimate of drug-likeness (QED) is 0.0750. The van der Waals surface area contributed by atoms with Gasteiger partial charge in [-0.3, -0.25) is 29.9 Å². The zero-order valence-electron chi connectivity index (χ0n) is 25.5. The van der Waals surface area contributed by atoms with Crippen molar-refractivity contribution in [3.63, 3.8) is 0 Å². The number of nitrogens with zero attached hydrogens (tertiary/aromatic N) is 4. The van der Waals surface area contributed by atoms with E-state index in [-0.39, 0.29) is 53.7 Å². The topological polar surface area (TPSA) is 242 Å². The Bertz CT molecular complexity index is 1610. The lowest BCUT2D eigenvalue weighted by Crippen LogP contribution is -2.48. The lowest BCUT2D eigenvalue weighted by molar-refractivity contribution is -0.384. The molecule has 0 aliphatic carbocycles. The van der Waals surface area contributed by atoms with Gasteiger partial charge in [0.15, 0.2) is 17.1 Å². The van der Waals surface area contributed by atoms with Gasteiger partial charge in [0.2, 0.25) is 5.91 Å². The largest absolute Gasteiger partial charge is 0.494 e. The summed E-state index contributed by atoms with van der Waals surface area (Å²) in [6, 6.07) is 4.65. The summed E-state index contributed by atoms with van der Waals surface area (Å²) in [6.45, 7) is 2.11. The standard InChI is InChI=1S/C29H33N7O11/c1-45-23-18-20(28(38)46-2)16-22(36(43)44)25(23)31-7-3-4-8-32-26-21(35(41)42)15-19(27(30)37)17-24(26)47-14-6-5-9-33-10-12-34(13-11-33)29(39)40/h3-4,15-18,31-32H,7-14H2,1-2H3,(H2,30,37)(H,39,40). The average molecular weight is 656 g/mol. The summed E-state index contributed by atoms with van der Waals surface area (Å²) in [7, 11) is 2.44. The van der Waals surface area contributed by atoms with E-state index in [4.69, 9.17) is 20.3 Å². The number of nitrogens with one attached hydrogen (secondary N) is 2. The maximum Gasteiger partial charge on any atom is 0.407 e. The van der Waals surface area contributed by atoms with Gasteiger partial charge in [0.25, 0.3) is 11.4 Å². The molecule has 3 rings (SSSR count). The van der Waals surface area contributed by atoms with Crippen LogP contribution in [0.2, 0.25) is 0 Å². The third-order valence-corrected chi connectivity index (χ3v) is 6.81. The Balaban J connectivity index is 1.68. The molecule has 1 fully saturated rings. The van der Waals surface area contributed by atoms with Crippen molar-refractivity contribution in [2.75, 3.05) is 77.3 Å². The van der Waals surface area contributed by atoms with E-state index in [2.05, 4.69) is 27.2 Å². The number of nitro groups is 2. The van der Waals surface area contributed by atoms with Crippen LogP contribution in [-0.2, 0) is 4.74 Å². The molecule has 0 radical (unpaired) electrons. The predicted octanol–water partition coefficient (Wildman–Crippen LogP) is 2.16. The molecule has 1 aliphatic heterocycles. The van der Waals surface area contributed by atoms with Gasteiger partial charge < -0.3 is 40.6 Å². The van der Waals surface area contributed by atoms with E-state index in [0.717, 1.165) is 19.2 Å². The van der Waals surface area contributed by atoms with Gasteiger partial charge >= 0.3 is 12.1 Å². The van der Waals surface area contributed by atoms with Gasteiger partial charge in [-0.05, 0) is 12.1 Å². The number of anilines is 2.